The molecule has 9 heteroatoms. The highest BCUT2D eigenvalue weighted by Gasteiger charge is 2.15. The van der Waals surface area contributed by atoms with Gasteiger partial charge in [-0.05, 0) is 50.1 Å². The van der Waals surface area contributed by atoms with Gasteiger partial charge in [0, 0.05) is 11.1 Å². The van der Waals surface area contributed by atoms with Gasteiger partial charge in [0.25, 0.3) is 0 Å². The van der Waals surface area contributed by atoms with E-state index in [1.165, 1.54) is 18.0 Å². The van der Waals surface area contributed by atoms with Crippen LogP contribution in [-0.2, 0) is 0 Å². The molecule has 0 saturated heterocycles. The van der Waals surface area contributed by atoms with E-state index in [2.05, 4.69) is 47.2 Å². The first-order chi connectivity index (χ1) is 12.0. The third kappa shape index (κ3) is 3.53. The minimum Gasteiger partial charge on any atom is -0.506 e. The van der Waals surface area contributed by atoms with Gasteiger partial charge >= 0.3 is 0 Å². The Hall–Kier alpha value is -1.97. The third-order valence-corrected chi connectivity index (χ3v) is 4.97. The van der Waals surface area contributed by atoms with Crippen molar-refractivity contribution in [1.82, 2.24) is 14.9 Å². The van der Waals surface area contributed by atoms with Crippen LogP contribution in [0.4, 0.5) is 0 Å². The van der Waals surface area contributed by atoms with E-state index in [1.54, 1.807) is 6.07 Å². The van der Waals surface area contributed by atoms with Crippen LogP contribution in [0.5, 0.6) is 11.5 Å². The molecule has 0 aliphatic carbocycles. The molecule has 0 radical (unpaired) electrons. The Balaban J connectivity index is 2.05. The average Bonchev–Trinajstić information content (AvgIpc) is 2.99. The summed E-state index contributed by atoms with van der Waals surface area (Å²) in [6.07, 6.45) is 1.50. The summed E-state index contributed by atoms with van der Waals surface area (Å²) in [4.78, 5) is 0. The van der Waals surface area contributed by atoms with Gasteiger partial charge in [0.05, 0.1) is 17.8 Å². The maximum Gasteiger partial charge on any atom is 0.216 e. The number of hydrogen-bond donors (Lipinski definition) is 2. The lowest BCUT2D eigenvalue weighted by molar-refractivity contribution is 0.400. The Morgan fingerprint density at radius 2 is 2.04 bits per heavy atom. The molecule has 6 nitrogen and oxygen atoms in total. The number of methoxy groups -OCH3 is 1. The normalized spacial score (nSPS) is 11.2. The van der Waals surface area contributed by atoms with Gasteiger partial charge in [0.15, 0.2) is 11.6 Å². The number of rotatable bonds is 4. The molecule has 0 amide bonds. The average molecular weight is 484 g/mol. The smallest absolute Gasteiger partial charge is 0.216 e. The zero-order valence-corrected chi connectivity index (χ0v) is 16.9. The summed E-state index contributed by atoms with van der Waals surface area (Å²) in [6, 6.07) is 11.3. The third-order valence-electron chi connectivity index (χ3n) is 3.38. The minimum absolute atomic E-state index is 0.0140. The molecule has 0 spiro atoms. The van der Waals surface area contributed by atoms with Gasteiger partial charge in [-0.1, -0.05) is 30.3 Å². The van der Waals surface area contributed by atoms with Crippen LogP contribution in [0.1, 0.15) is 5.56 Å². The second-order valence-electron chi connectivity index (χ2n) is 4.92. The second kappa shape index (κ2) is 7.51. The van der Waals surface area contributed by atoms with E-state index in [1.807, 2.05) is 30.3 Å². The summed E-state index contributed by atoms with van der Waals surface area (Å²) < 4.78 is 8.18. The zero-order valence-electron chi connectivity index (χ0n) is 12.9. The zero-order chi connectivity index (χ0) is 18.0. The predicted molar refractivity (Wildman–Crippen MR) is 106 cm³/mol. The van der Waals surface area contributed by atoms with Crippen molar-refractivity contribution in [3.05, 3.63) is 55.7 Å². The van der Waals surface area contributed by atoms with Crippen LogP contribution in [-0.4, -0.2) is 33.3 Å². The van der Waals surface area contributed by atoms with E-state index in [0.29, 0.717) is 30.9 Å². The topological polar surface area (TPSA) is 75.4 Å². The lowest BCUT2D eigenvalue weighted by Crippen LogP contribution is -1.96. The molecule has 0 fully saturated rings. The van der Waals surface area contributed by atoms with Gasteiger partial charge < -0.3 is 9.84 Å². The first-order valence-corrected chi connectivity index (χ1v) is 9.04. The fraction of sp³-hybridized carbons (Fsp3) is 0.0625. The van der Waals surface area contributed by atoms with E-state index in [9.17, 15) is 5.11 Å². The van der Waals surface area contributed by atoms with E-state index in [-0.39, 0.29) is 5.75 Å². The largest absolute Gasteiger partial charge is 0.506 e. The number of ether oxygens (including phenoxy) is 1. The predicted octanol–water partition coefficient (Wildman–Crippen LogP) is 4.73. The van der Waals surface area contributed by atoms with Crippen molar-refractivity contribution in [3.8, 4) is 22.9 Å². The van der Waals surface area contributed by atoms with Crippen LogP contribution >= 0.6 is 44.1 Å². The highest BCUT2D eigenvalue weighted by molar-refractivity contribution is 9.11. The van der Waals surface area contributed by atoms with Gasteiger partial charge in [-0.15, -0.1) is 0 Å². The van der Waals surface area contributed by atoms with E-state index in [4.69, 9.17) is 17.0 Å². The van der Waals surface area contributed by atoms with Crippen molar-refractivity contribution in [3.63, 3.8) is 0 Å². The summed E-state index contributed by atoms with van der Waals surface area (Å²) in [5, 5.41) is 21.6. The minimum atomic E-state index is 0.0140. The number of H-pyrrole nitrogens is 1. The Morgan fingerprint density at radius 3 is 2.72 bits per heavy atom. The molecule has 0 unspecified atom stereocenters. The fourth-order valence-electron chi connectivity index (χ4n) is 2.19. The molecule has 25 heavy (non-hydrogen) atoms. The molecular formula is C16H12Br2N4O2S. The molecule has 2 N–H and O–H groups in total. The number of aromatic hydroxyl groups is 1. The molecule has 0 bridgehead atoms. The molecule has 1 aromatic heterocycles. The van der Waals surface area contributed by atoms with Gasteiger partial charge in [-0.25, -0.2) is 5.10 Å². The lowest BCUT2D eigenvalue weighted by Gasteiger charge is -2.10. The van der Waals surface area contributed by atoms with E-state index in [0.717, 1.165) is 5.56 Å². The SMILES string of the molecule is COc1c(Br)cc(C=Nn2c(-c3ccccc3)n[nH]c2=S)c(O)c1Br. The van der Waals surface area contributed by atoms with Crippen molar-refractivity contribution >= 4 is 50.3 Å². The number of benzene rings is 2. The first kappa shape index (κ1) is 17.8. The Bertz CT molecular complexity index is 999. The van der Waals surface area contributed by atoms with Gasteiger partial charge in [0.2, 0.25) is 4.77 Å². The Kier molecular flexibility index (Phi) is 5.36. The number of phenols is 1. The number of nitrogens with one attached hydrogen (secondary N) is 1. The molecule has 128 valence electrons. The van der Waals surface area contributed by atoms with E-state index < -0.39 is 0 Å². The van der Waals surface area contributed by atoms with Crippen molar-refractivity contribution in [2.24, 2.45) is 5.10 Å². The summed E-state index contributed by atoms with van der Waals surface area (Å²) in [6.45, 7) is 0. The number of hydrogen-bond acceptors (Lipinski definition) is 5. The summed E-state index contributed by atoms with van der Waals surface area (Å²) in [7, 11) is 1.52. The lowest BCUT2D eigenvalue weighted by atomic mass is 10.2. The van der Waals surface area contributed by atoms with Crippen molar-refractivity contribution < 1.29 is 9.84 Å². The molecule has 3 aromatic rings. The van der Waals surface area contributed by atoms with Crippen molar-refractivity contribution in [2.45, 2.75) is 0 Å². The molecule has 3 rings (SSSR count). The molecule has 1 heterocycles. The van der Waals surface area contributed by atoms with Gasteiger partial charge in [-0.3, -0.25) is 0 Å². The quantitative estimate of drug-likeness (QED) is 0.415. The number of halogens is 2. The summed E-state index contributed by atoms with van der Waals surface area (Å²) >= 11 is 12.0. The van der Waals surface area contributed by atoms with Crippen LogP contribution < -0.4 is 4.74 Å². The number of aromatic nitrogens is 3. The fourth-order valence-corrected chi connectivity index (χ4v) is 3.84. The highest BCUT2D eigenvalue weighted by atomic mass is 79.9. The monoisotopic (exact) mass is 482 g/mol. The molecule has 0 aliphatic heterocycles. The van der Waals surface area contributed by atoms with E-state index >= 15 is 0 Å². The number of phenolic OH excluding ortho intramolecular Hbond substituents is 1. The maximum absolute atomic E-state index is 10.3. The first-order valence-electron chi connectivity index (χ1n) is 7.05. The van der Waals surface area contributed by atoms with Crippen molar-refractivity contribution in [2.75, 3.05) is 7.11 Å². The molecule has 0 saturated carbocycles. The molecule has 0 atom stereocenters. The maximum atomic E-state index is 10.3. The number of aromatic amines is 1. The molecule has 0 aliphatic rings. The van der Waals surface area contributed by atoms with Crippen LogP contribution in [0.25, 0.3) is 11.4 Å². The standard InChI is InChI=1S/C16H12Br2N4O2S/c1-24-14-11(17)7-10(13(23)12(14)18)8-19-22-15(20-21-16(22)25)9-5-3-2-4-6-9/h2-8,23H,1H3,(H,21,25). The summed E-state index contributed by atoms with van der Waals surface area (Å²) in [5.41, 5.74) is 1.36. The molecular weight excluding hydrogens is 472 g/mol. The second-order valence-corrected chi connectivity index (χ2v) is 6.95. The number of nitrogens with zero attached hydrogens (tertiary/aromatic N) is 3. The van der Waals surface area contributed by atoms with Crippen molar-refractivity contribution in [1.29, 1.82) is 0 Å². The Labute approximate surface area is 165 Å². The van der Waals surface area contributed by atoms with Gasteiger partial charge in [-0.2, -0.15) is 14.9 Å². The van der Waals surface area contributed by atoms with Gasteiger partial charge in [0.1, 0.15) is 10.2 Å². The summed E-state index contributed by atoms with van der Waals surface area (Å²) in [5.74, 6) is 1.09. The van der Waals surface area contributed by atoms with Crippen LogP contribution in [0.2, 0.25) is 0 Å². The Morgan fingerprint density at radius 1 is 1.32 bits per heavy atom. The van der Waals surface area contributed by atoms with Crippen LogP contribution in [0, 0.1) is 4.77 Å². The van der Waals surface area contributed by atoms with Crippen LogP contribution in [0.3, 0.4) is 0 Å². The highest BCUT2D eigenvalue weighted by Crippen LogP contribution is 2.41. The molecule has 2 aromatic carbocycles. The van der Waals surface area contributed by atoms with Crippen LogP contribution in [0.15, 0.2) is 50.4 Å².